The van der Waals surface area contributed by atoms with Crippen LogP contribution in [-0.4, -0.2) is 60.2 Å². The average molecular weight is 598 g/mol. The zero-order valence-corrected chi connectivity index (χ0v) is 25.4. The minimum absolute atomic E-state index is 0.0407. The Morgan fingerprint density at radius 3 is 2.32 bits per heavy atom. The van der Waals surface area contributed by atoms with E-state index < -0.39 is 5.97 Å². The van der Waals surface area contributed by atoms with Gasteiger partial charge in [0.25, 0.3) is 5.91 Å². The van der Waals surface area contributed by atoms with Crippen LogP contribution in [0.2, 0.25) is 0 Å². The van der Waals surface area contributed by atoms with Crippen LogP contribution in [0.15, 0.2) is 72.9 Å². The van der Waals surface area contributed by atoms with Gasteiger partial charge in [0.2, 0.25) is 0 Å². The molecule has 0 radical (unpaired) electrons. The van der Waals surface area contributed by atoms with Crippen molar-refractivity contribution in [1.29, 1.82) is 0 Å². The summed E-state index contributed by atoms with van der Waals surface area (Å²) in [6.45, 7) is 8.02. The molecule has 2 heterocycles. The fraction of sp³-hybridized carbons (Fsp3) is 0.324. The van der Waals surface area contributed by atoms with Crippen LogP contribution >= 0.6 is 0 Å². The zero-order chi connectivity index (χ0) is 31.1. The first kappa shape index (κ1) is 30.6. The first-order valence-electron chi connectivity index (χ1n) is 15.0. The summed E-state index contributed by atoms with van der Waals surface area (Å²) in [5, 5.41) is 9.40. The molecule has 1 aromatic heterocycles. The number of carbonyl (C=O) groups excluding carboxylic acids is 3. The van der Waals surface area contributed by atoms with Crippen LogP contribution < -0.4 is 20.7 Å². The number of hydrogen-bond donors (Lipinski definition) is 3. The molecule has 1 fully saturated rings. The van der Waals surface area contributed by atoms with Gasteiger partial charge in [0, 0.05) is 53.2 Å². The highest BCUT2D eigenvalue weighted by Crippen LogP contribution is 2.30. The number of likely N-dealkylation sites (tertiary alicyclic amines) is 1. The molecular weight excluding hydrogens is 558 g/mol. The highest BCUT2D eigenvalue weighted by Gasteiger charge is 2.17. The lowest BCUT2D eigenvalue weighted by Crippen LogP contribution is -2.34. The van der Waals surface area contributed by atoms with Gasteiger partial charge in [-0.25, -0.2) is 9.59 Å². The number of ether oxygens (including phenoxy) is 2. The maximum Gasteiger partial charge on any atom is 0.341 e. The summed E-state index contributed by atoms with van der Waals surface area (Å²) in [7, 11) is 1.28. The average Bonchev–Trinajstić information content (AvgIpc) is 3.43. The molecule has 10 heteroatoms. The van der Waals surface area contributed by atoms with E-state index in [1.807, 2.05) is 32.0 Å². The summed E-state index contributed by atoms with van der Waals surface area (Å²) in [5.74, 6) is -0.0938. The van der Waals surface area contributed by atoms with Crippen LogP contribution in [0.3, 0.4) is 0 Å². The lowest BCUT2D eigenvalue weighted by atomic mass is 10.1. The minimum Gasteiger partial charge on any atom is -0.465 e. The molecule has 1 saturated heterocycles. The lowest BCUT2D eigenvalue weighted by Gasteiger charge is -2.26. The zero-order valence-electron chi connectivity index (χ0n) is 25.4. The van der Waals surface area contributed by atoms with Crippen LogP contribution in [0.5, 0.6) is 11.5 Å². The van der Waals surface area contributed by atoms with Crippen molar-refractivity contribution in [2.24, 2.45) is 0 Å². The van der Waals surface area contributed by atoms with E-state index in [9.17, 15) is 14.4 Å². The van der Waals surface area contributed by atoms with Crippen LogP contribution in [-0.2, 0) is 11.3 Å². The van der Waals surface area contributed by atoms with Gasteiger partial charge >= 0.3 is 12.0 Å². The third-order valence-electron chi connectivity index (χ3n) is 7.54. The Bertz CT molecular complexity index is 1620. The first-order valence-corrected chi connectivity index (χ1v) is 15.0. The summed E-state index contributed by atoms with van der Waals surface area (Å²) in [6.07, 6.45) is 5.99. The van der Waals surface area contributed by atoms with E-state index in [1.54, 1.807) is 36.4 Å². The first-order chi connectivity index (χ1) is 21.3. The van der Waals surface area contributed by atoms with Gasteiger partial charge in [0.1, 0.15) is 17.1 Å². The number of benzene rings is 3. The Morgan fingerprint density at radius 1 is 0.841 bits per heavy atom. The number of esters is 1. The van der Waals surface area contributed by atoms with Gasteiger partial charge in [-0.3, -0.25) is 4.79 Å². The van der Waals surface area contributed by atoms with Crippen molar-refractivity contribution in [3.05, 3.63) is 84.1 Å². The number of anilines is 2. The van der Waals surface area contributed by atoms with E-state index in [1.165, 1.54) is 45.5 Å². The molecule has 0 atom stereocenters. The summed E-state index contributed by atoms with van der Waals surface area (Å²) < 4.78 is 13.1. The number of nitrogens with one attached hydrogen (secondary N) is 3. The number of hydrogen-bond acceptors (Lipinski definition) is 6. The smallest absolute Gasteiger partial charge is 0.341 e. The van der Waals surface area contributed by atoms with Crippen LogP contribution in [0.25, 0.3) is 10.9 Å². The summed E-state index contributed by atoms with van der Waals surface area (Å²) >= 11 is 0. The number of aromatic nitrogens is 1. The topological polar surface area (TPSA) is 114 Å². The molecule has 0 unspecified atom stereocenters. The van der Waals surface area contributed by atoms with Crippen molar-refractivity contribution in [3.63, 3.8) is 0 Å². The van der Waals surface area contributed by atoms with E-state index in [0.717, 1.165) is 24.0 Å². The molecular formula is C34H39N5O5. The number of carbonyl (C=O) groups is 3. The second kappa shape index (κ2) is 14.1. The third kappa shape index (κ3) is 7.76. The summed E-state index contributed by atoms with van der Waals surface area (Å²) in [4.78, 5) is 40.1. The van der Waals surface area contributed by atoms with Gasteiger partial charge in [-0.2, -0.15) is 0 Å². The highest BCUT2D eigenvalue weighted by atomic mass is 16.5. The van der Waals surface area contributed by atoms with Crippen LogP contribution in [0.4, 0.5) is 16.2 Å². The molecule has 0 saturated carbocycles. The molecule has 0 spiro atoms. The molecule has 3 aromatic carbocycles. The monoisotopic (exact) mass is 597 g/mol. The number of fused-ring (bicyclic) bond motifs is 1. The number of rotatable bonds is 10. The van der Waals surface area contributed by atoms with Crippen LogP contribution in [0, 0.1) is 0 Å². The molecule has 3 amide bonds. The van der Waals surface area contributed by atoms with E-state index in [2.05, 4.69) is 37.7 Å². The van der Waals surface area contributed by atoms with Gasteiger partial charge in [-0.1, -0.05) is 6.42 Å². The highest BCUT2D eigenvalue weighted by molar-refractivity contribution is 6.06. The molecule has 44 heavy (non-hydrogen) atoms. The largest absolute Gasteiger partial charge is 0.465 e. The Kier molecular flexibility index (Phi) is 9.81. The van der Waals surface area contributed by atoms with Crippen molar-refractivity contribution < 1.29 is 23.9 Å². The molecule has 1 aliphatic heterocycles. The molecule has 10 nitrogen and oxygen atoms in total. The molecule has 5 rings (SSSR count). The number of urea groups is 1. The molecule has 1 aliphatic rings. The van der Waals surface area contributed by atoms with E-state index >= 15 is 0 Å². The lowest BCUT2D eigenvalue weighted by molar-refractivity contribution is 0.0597. The maximum absolute atomic E-state index is 13.1. The molecule has 0 aliphatic carbocycles. The van der Waals surface area contributed by atoms with Gasteiger partial charge in [-0.05, 0) is 107 Å². The third-order valence-corrected chi connectivity index (χ3v) is 7.54. The standard InChI is InChI=1S/C34H39N5O5/c1-23(2)35-34(42)37-27-10-14-31(29(22-27)33(41)43-3)44-28-11-8-26(9-12-28)36-32(40)25-7-13-30-24(21-25)15-18-39(30)20-19-38-16-5-4-6-17-38/h7-15,18,21-23H,4-6,16-17,19-20H2,1-3H3,(H,36,40)(H2,35,37,42). The summed E-state index contributed by atoms with van der Waals surface area (Å²) in [5.41, 5.74) is 2.87. The van der Waals surface area contributed by atoms with Gasteiger partial charge in [0.15, 0.2) is 0 Å². The number of methoxy groups -OCH3 is 1. The van der Waals surface area contributed by atoms with Crippen LogP contribution in [0.1, 0.15) is 53.8 Å². The van der Waals surface area contributed by atoms with Gasteiger partial charge in [0.05, 0.1) is 7.11 Å². The quantitative estimate of drug-likeness (QED) is 0.180. The predicted octanol–water partition coefficient (Wildman–Crippen LogP) is 6.49. The number of piperidine rings is 1. The summed E-state index contributed by atoms with van der Waals surface area (Å²) in [6, 6.07) is 19.0. The minimum atomic E-state index is -0.605. The van der Waals surface area contributed by atoms with E-state index in [-0.39, 0.29) is 29.3 Å². The number of amides is 3. The second-order valence-corrected chi connectivity index (χ2v) is 11.2. The Hall–Kier alpha value is -4.83. The van der Waals surface area contributed by atoms with Crippen molar-refractivity contribution in [2.45, 2.75) is 45.7 Å². The Labute approximate surface area is 257 Å². The normalized spacial score (nSPS) is 13.5. The van der Waals surface area contributed by atoms with E-state index in [4.69, 9.17) is 9.47 Å². The van der Waals surface area contributed by atoms with Gasteiger partial charge < -0.3 is 34.9 Å². The fourth-order valence-corrected chi connectivity index (χ4v) is 5.30. The molecule has 230 valence electrons. The number of nitrogens with zero attached hydrogens (tertiary/aromatic N) is 2. The SMILES string of the molecule is COC(=O)c1cc(NC(=O)NC(C)C)ccc1Oc1ccc(NC(=O)c2ccc3c(ccn3CCN3CCCCC3)c2)cc1. The molecule has 0 bridgehead atoms. The second-order valence-electron chi connectivity index (χ2n) is 11.2. The predicted molar refractivity (Wildman–Crippen MR) is 172 cm³/mol. The van der Waals surface area contributed by atoms with E-state index in [0.29, 0.717) is 22.7 Å². The van der Waals surface area contributed by atoms with Crippen molar-refractivity contribution in [3.8, 4) is 11.5 Å². The van der Waals surface area contributed by atoms with Gasteiger partial charge in [-0.15, -0.1) is 0 Å². The molecule has 3 N–H and O–H groups in total. The Morgan fingerprint density at radius 2 is 1.59 bits per heavy atom. The molecule has 4 aromatic rings. The van der Waals surface area contributed by atoms with Crippen molar-refractivity contribution >= 4 is 40.2 Å². The fourth-order valence-electron chi connectivity index (χ4n) is 5.30. The Balaban J connectivity index is 1.21. The van der Waals surface area contributed by atoms with Crippen molar-refractivity contribution in [1.82, 2.24) is 14.8 Å². The maximum atomic E-state index is 13.1. The van der Waals surface area contributed by atoms with Crippen molar-refractivity contribution in [2.75, 3.05) is 37.4 Å².